The molecule has 1 fully saturated rings. The molecule has 2 amide bonds. The van der Waals surface area contributed by atoms with E-state index in [9.17, 15) is 18.0 Å². The Morgan fingerprint density at radius 1 is 1.13 bits per heavy atom. The number of nitrogens with one attached hydrogen (secondary N) is 2. The number of piperidine rings is 1. The van der Waals surface area contributed by atoms with Crippen LogP contribution in [0.1, 0.15) is 46.1 Å². The highest BCUT2D eigenvalue weighted by Crippen LogP contribution is 2.19. The van der Waals surface area contributed by atoms with Gasteiger partial charge in [0.2, 0.25) is 21.8 Å². The topological polar surface area (TPSA) is 95.6 Å². The van der Waals surface area contributed by atoms with Crippen LogP contribution in [0.15, 0.2) is 35.2 Å². The molecule has 1 aliphatic rings. The molecule has 0 saturated carbocycles. The van der Waals surface area contributed by atoms with Gasteiger partial charge in [-0.15, -0.1) is 0 Å². The van der Waals surface area contributed by atoms with Crippen molar-refractivity contribution in [3.8, 4) is 0 Å². The van der Waals surface area contributed by atoms with Crippen LogP contribution in [0.25, 0.3) is 6.08 Å². The molecule has 2 N–H and O–H groups in total. The van der Waals surface area contributed by atoms with Gasteiger partial charge in [0, 0.05) is 37.7 Å². The molecule has 1 atom stereocenters. The van der Waals surface area contributed by atoms with E-state index in [1.807, 2.05) is 6.92 Å². The molecule has 0 bridgehead atoms. The minimum atomic E-state index is -3.48. The fraction of sp³-hybridized carbons (Fsp3) is 0.545. The number of sulfonamides is 1. The lowest BCUT2D eigenvalue weighted by molar-refractivity contribution is -0.132. The van der Waals surface area contributed by atoms with E-state index in [2.05, 4.69) is 23.9 Å². The molecule has 1 aliphatic heterocycles. The normalized spacial score (nSPS) is 16.8. The smallest absolute Gasteiger partial charge is 0.246 e. The van der Waals surface area contributed by atoms with Crippen LogP contribution in [0.3, 0.4) is 0 Å². The Labute approximate surface area is 180 Å². The van der Waals surface area contributed by atoms with Crippen LogP contribution in [-0.4, -0.2) is 50.8 Å². The van der Waals surface area contributed by atoms with Gasteiger partial charge in [-0.2, -0.15) is 0 Å². The predicted molar refractivity (Wildman–Crippen MR) is 118 cm³/mol. The van der Waals surface area contributed by atoms with Gasteiger partial charge in [-0.1, -0.05) is 32.9 Å². The average molecular weight is 436 g/mol. The first-order chi connectivity index (χ1) is 14.1. The third-order valence-electron chi connectivity index (χ3n) is 5.49. The molecular formula is C22H33N3O4S. The molecular weight excluding hydrogens is 402 g/mol. The SMILES string of the molecule is CCNS(=O)(=O)c1ccc(/C=C/C(=O)N2CCC(C(=O)NC(C)C(C)C)CC2)cc1. The van der Waals surface area contributed by atoms with E-state index < -0.39 is 10.0 Å². The van der Waals surface area contributed by atoms with E-state index in [4.69, 9.17) is 0 Å². The van der Waals surface area contributed by atoms with Gasteiger partial charge < -0.3 is 10.2 Å². The van der Waals surface area contributed by atoms with Crippen LogP contribution in [-0.2, 0) is 19.6 Å². The van der Waals surface area contributed by atoms with Crippen LogP contribution >= 0.6 is 0 Å². The van der Waals surface area contributed by atoms with Crippen LogP contribution < -0.4 is 10.0 Å². The Morgan fingerprint density at radius 2 is 1.73 bits per heavy atom. The van der Waals surface area contributed by atoms with E-state index in [0.29, 0.717) is 38.4 Å². The first-order valence-corrected chi connectivity index (χ1v) is 12.0. The van der Waals surface area contributed by atoms with Crippen LogP contribution in [0.2, 0.25) is 0 Å². The molecule has 7 nitrogen and oxygen atoms in total. The van der Waals surface area contributed by atoms with E-state index in [-0.39, 0.29) is 28.7 Å². The highest BCUT2D eigenvalue weighted by atomic mass is 32.2. The van der Waals surface area contributed by atoms with Crippen molar-refractivity contribution in [2.75, 3.05) is 19.6 Å². The molecule has 0 aliphatic carbocycles. The molecule has 1 saturated heterocycles. The Morgan fingerprint density at radius 3 is 2.27 bits per heavy atom. The van der Waals surface area contributed by atoms with E-state index in [0.717, 1.165) is 5.56 Å². The lowest BCUT2D eigenvalue weighted by Crippen LogP contribution is -2.45. The lowest BCUT2D eigenvalue weighted by atomic mass is 9.94. The first kappa shape index (κ1) is 24.1. The standard InChI is InChI=1S/C22H33N3O4S/c1-5-23-30(28,29)20-9-6-18(7-10-20)8-11-21(26)25-14-12-19(13-15-25)22(27)24-17(4)16(2)3/h6-11,16-17,19,23H,5,12-15H2,1-4H3,(H,24,27)/b11-8+. The number of rotatable bonds is 8. The predicted octanol–water partition coefficient (Wildman–Crippen LogP) is 2.40. The minimum absolute atomic E-state index is 0.0505. The third kappa shape index (κ3) is 6.67. The number of carbonyl (C=O) groups is 2. The van der Waals surface area contributed by atoms with Crippen LogP contribution in [0.4, 0.5) is 0 Å². The van der Waals surface area contributed by atoms with Crippen LogP contribution in [0.5, 0.6) is 0 Å². The highest BCUT2D eigenvalue weighted by Gasteiger charge is 2.27. The van der Waals surface area contributed by atoms with Crippen molar-refractivity contribution in [1.29, 1.82) is 0 Å². The Balaban J connectivity index is 1.87. The van der Waals surface area contributed by atoms with Crippen molar-refractivity contribution in [2.45, 2.75) is 51.5 Å². The summed E-state index contributed by atoms with van der Waals surface area (Å²) in [5.74, 6) is 0.309. The van der Waals surface area contributed by atoms with Gasteiger partial charge in [-0.05, 0) is 49.5 Å². The fourth-order valence-electron chi connectivity index (χ4n) is 3.18. The van der Waals surface area contributed by atoms with Crippen molar-refractivity contribution >= 4 is 27.9 Å². The number of benzene rings is 1. The summed E-state index contributed by atoms with van der Waals surface area (Å²) >= 11 is 0. The van der Waals surface area contributed by atoms with Gasteiger partial charge in [0.15, 0.2) is 0 Å². The summed E-state index contributed by atoms with van der Waals surface area (Å²) in [7, 11) is -3.48. The molecule has 166 valence electrons. The summed E-state index contributed by atoms with van der Waals surface area (Å²) < 4.78 is 26.4. The maximum absolute atomic E-state index is 12.5. The Bertz CT molecular complexity index is 855. The van der Waals surface area contributed by atoms with Crippen molar-refractivity contribution in [2.24, 2.45) is 11.8 Å². The average Bonchev–Trinajstić information content (AvgIpc) is 2.72. The van der Waals surface area contributed by atoms with E-state index in [1.165, 1.54) is 18.2 Å². The van der Waals surface area contributed by atoms with E-state index in [1.54, 1.807) is 30.0 Å². The zero-order valence-corrected chi connectivity index (χ0v) is 19.0. The summed E-state index contributed by atoms with van der Waals surface area (Å²) in [6.45, 7) is 9.32. The molecule has 2 rings (SSSR count). The zero-order chi connectivity index (χ0) is 22.3. The Hall–Kier alpha value is -2.19. The van der Waals surface area contributed by atoms with Gasteiger partial charge in [0.1, 0.15) is 0 Å². The van der Waals surface area contributed by atoms with E-state index >= 15 is 0 Å². The molecule has 1 unspecified atom stereocenters. The number of likely N-dealkylation sites (tertiary alicyclic amines) is 1. The summed E-state index contributed by atoms with van der Waals surface area (Å²) in [4.78, 5) is 26.8. The second-order valence-electron chi connectivity index (χ2n) is 8.04. The van der Waals surface area contributed by atoms with Crippen molar-refractivity contribution in [1.82, 2.24) is 14.9 Å². The molecule has 0 radical (unpaired) electrons. The molecule has 30 heavy (non-hydrogen) atoms. The maximum atomic E-state index is 12.5. The van der Waals surface area contributed by atoms with Crippen molar-refractivity contribution in [3.05, 3.63) is 35.9 Å². The zero-order valence-electron chi connectivity index (χ0n) is 18.2. The van der Waals surface area contributed by atoms with Crippen molar-refractivity contribution in [3.63, 3.8) is 0 Å². The van der Waals surface area contributed by atoms with Gasteiger partial charge in [-0.25, -0.2) is 13.1 Å². The quantitative estimate of drug-likeness (QED) is 0.613. The second-order valence-corrected chi connectivity index (χ2v) is 9.81. The molecule has 0 aromatic heterocycles. The largest absolute Gasteiger partial charge is 0.353 e. The van der Waals surface area contributed by atoms with Gasteiger partial charge in [-0.3, -0.25) is 9.59 Å². The van der Waals surface area contributed by atoms with Gasteiger partial charge in [0.05, 0.1) is 4.90 Å². The molecule has 0 spiro atoms. The fourth-order valence-corrected chi connectivity index (χ4v) is 4.22. The van der Waals surface area contributed by atoms with Crippen LogP contribution in [0, 0.1) is 11.8 Å². The molecule has 1 heterocycles. The van der Waals surface area contributed by atoms with Crippen molar-refractivity contribution < 1.29 is 18.0 Å². The summed E-state index contributed by atoms with van der Waals surface area (Å²) in [5, 5.41) is 3.06. The lowest BCUT2D eigenvalue weighted by Gasteiger charge is -2.31. The highest BCUT2D eigenvalue weighted by molar-refractivity contribution is 7.89. The third-order valence-corrected chi connectivity index (χ3v) is 7.05. The number of hydrogen-bond donors (Lipinski definition) is 2. The minimum Gasteiger partial charge on any atom is -0.353 e. The number of hydrogen-bond acceptors (Lipinski definition) is 4. The molecule has 8 heteroatoms. The first-order valence-electron chi connectivity index (χ1n) is 10.5. The monoisotopic (exact) mass is 435 g/mol. The number of amides is 2. The second kappa shape index (κ2) is 10.7. The summed E-state index contributed by atoms with van der Waals surface area (Å²) in [5.41, 5.74) is 0.746. The molecule has 1 aromatic carbocycles. The summed E-state index contributed by atoms with van der Waals surface area (Å²) in [6.07, 6.45) is 4.49. The maximum Gasteiger partial charge on any atom is 0.246 e. The molecule has 1 aromatic rings. The number of nitrogens with zero attached hydrogens (tertiary/aromatic N) is 1. The number of carbonyl (C=O) groups excluding carboxylic acids is 2. The Kier molecular flexibility index (Phi) is 8.61. The summed E-state index contributed by atoms with van der Waals surface area (Å²) in [6, 6.07) is 6.51. The van der Waals surface area contributed by atoms with Gasteiger partial charge in [0.25, 0.3) is 0 Å². The van der Waals surface area contributed by atoms with Gasteiger partial charge >= 0.3 is 0 Å².